The van der Waals surface area contributed by atoms with E-state index in [1.807, 2.05) is 30.9 Å². The first-order valence-corrected chi connectivity index (χ1v) is 7.59. The van der Waals surface area contributed by atoms with E-state index in [2.05, 4.69) is 28.1 Å². The van der Waals surface area contributed by atoms with Gasteiger partial charge < -0.3 is 10.6 Å². The fraction of sp³-hybridized carbons (Fsp3) is 0.533. The maximum Gasteiger partial charge on any atom is 0.227 e. The topological polar surface area (TPSA) is 46.3 Å². The van der Waals surface area contributed by atoms with Gasteiger partial charge in [0.2, 0.25) is 5.91 Å². The van der Waals surface area contributed by atoms with E-state index in [-0.39, 0.29) is 30.3 Å². The third-order valence-corrected chi connectivity index (χ3v) is 4.18. The van der Waals surface area contributed by atoms with Crippen LogP contribution < -0.4 is 5.73 Å². The Morgan fingerprint density at radius 2 is 2.10 bits per heavy atom. The summed E-state index contributed by atoms with van der Waals surface area (Å²) in [6.45, 7) is 4.50. The van der Waals surface area contributed by atoms with Gasteiger partial charge in [0.1, 0.15) is 0 Å². The third-order valence-electron chi connectivity index (χ3n) is 3.69. The van der Waals surface area contributed by atoms with Gasteiger partial charge in [-0.3, -0.25) is 4.79 Å². The van der Waals surface area contributed by atoms with Gasteiger partial charge in [-0.25, -0.2) is 0 Å². The fourth-order valence-corrected chi connectivity index (χ4v) is 2.54. The first-order chi connectivity index (χ1) is 8.99. The molecule has 1 aliphatic rings. The van der Waals surface area contributed by atoms with Crippen molar-refractivity contribution in [1.82, 2.24) is 4.90 Å². The summed E-state index contributed by atoms with van der Waals surface area (Å²) in [6.07, 6.45) is 2.23. The van der Waals surface area contributed by atoms with Gasteiger partial charge in [-0.1, -0.05) is 35.0 Å². The van der Waals surface area contributed by atoms with Gasteiger partial charge in [-0.15, -0.1) is 12.4 Å². The molecule has 2 rings (SSSR count). The normalized spacial score (nSPS) is 17.0. The maximum absolute atomic E-state index is 12.5. The van der Waals surface area contributed by atoms with Crippen molar-refractivity contribution in [2.45, 2.75) is 45.3 Å². The highest BCUT2D eigenvalue weighted by Gasteiger charge is 2.35. The number of nitrogens with two attached hydrogens (primary N) is 1. The molecule has 1 aromatic rings. The first-order valence-electron chi connectivity index (χ1n) is 6.79. The third kappa shape index (κ3) is 4.47. The molecule has 3 nitrogen and oxygen atoms in total. The number of hydrogen-bond acceptors (Lipinski definition) is 2. The average molecular weight is 362 g/mol. The zero-order chi connectivity index (χ0) is 14.0. The minimum absolute atomic E-state index is 0. The van der Waals surface area contributed by atoms with Gasteiger partial charge in [0, 0.05) is 23.1 Å². The van der Waals surface area contributed by atoms with Crippen LogP contribution in [-0.4, -0.2) is 22.9 Å². The van der Waals surface area contributed by atoms with Gasteiger partial charge in [0.25, 0.3) is 0 Å². The Morgan fingerprint density at radius 1 is 1.45 bits per heavy atom. The van der Waals surface area contributed by atoms with E-state index in [0.717, 1.165) is 22.9 Å². The summed E-state index contributed by atoms with van der Waals surface area (Å²) in [7, 11) is 0. The number of amides is 1. The summed E-state index contributed by atoms with van der Waals surface area (Å²) >= 11 is 3.47. The summed E-state index contributed by atoms with van der Waals surface area (Å²) in [5.74, 6) is 0.0604. The summed E-state index contributed by atoms with van der Waals surface area (Å²) in [5, 5.41) is 0. The Labute approximate surface area is 135 Å². The van der Waals surface area contributed by atoms with Crippen LogP contribution in [0, 0.1) is 5.92 Å². The van der Waals surface area contributed by atoms with Crippen LogP contribution in [0.4, 0.5) is 0 Å². The van der Waals surface area contributed by atoms with Crippen LogP contribution in [-0.2, 0) is 11.3 Å². The van der Waals surface area contributed by atoms with Gasteiger partial charge in [0.05, 0.1) is 5.92 Å². The van der Waals surface area contributed by atoms with Gasteiger partial charge in [0.15, 0.2) is 0 Å². The number of hydrogen-bond donors (Lipinski definition) is 1. The predicted molar refractivity (Wildman–Crippen MR) is 87.8 cm³/mol. The van der Waals surface area contributed by atoms with Crippen molar-refractivity contribution in [1.29, 1.82) is 0 Å². The Kier molecular flexibility index (Phi) is 6.49. The predicted octanol–water partition coefficient (Wildman–Crippen LogP) is 3.35. The molecule has 1 aromatic carbocycles. The van der Waals surface area contributed by atoms with E-state index >= 15 is 0 Å². The second kappa shape index (κ2) is 7.43. The number of carbonyl (C=O) groups excluding carboxylic acids is 1. The maximum atomic E-state index is 12.5. The number of halogens is 2. The molecule has 1 saturated carbocycles. The second-order valence-corrected chi connectivity index (χ2v) is 6.39. The van der Waals surface area contributed by atoms with Crippen LogP contribution in [0.2, 0.25) is 0 Å². The van der Waals surface area contributed by atoms with Crippen molar-refractivity contribution >= 4 is 34.2 Å². The molecule has 5 heteroatoms. The Hall–Kier alpha value is -0.580. The molecule has 0 aromatic heterocycles. The van der Waals surface area contributed by atoms with Gasteiger partial charge in [-0.2, -0.15) is 0 Å². The molecule has 112 valence electrons. The van der Waals surface area contributed by atoms with Crippen molar-refractivity contribution in [2.24, 2.45) is 11.7 Å². The molecule has 2 unspecified atom stereocenters. The number of benzene rings is 1. The van der Waals surface area contributed by atoms with Crippen molar-refractivity contribution in [3.8, 4) is 0 Å². The highest BCUT2D eigenvalue weighted by Crippen LogP contribution is 2.30. The molecule has 20 heavy (non-hydrogen) atoms. The molecular weight excluding hydrogens is 340 g/mol. The number of rotatable bonds is 5. The molecule has 2 N–H and O–H groups in total. The van der Waals surface area contributed by atoms with Gasteiger partial charge in [-0.05, 0) is 37.5 Å². The van der Waals surface area contributed by atoms with E-state index in [4.69, 9.17) is 5.73 Å². The molecule has 0 spiro atoms. The van der Waals surface area contributed by atoms with Crippen LogP contribution in [0.5, 0.6) is 0 Å². The quantitative estimate of drug-likeness (QED) is 0.874. The highest BCUT2D eigenvalue weighted by molar-refractivity contribution is 9.10. The largest absolute Gasteiger partial charge is 0.335 e. The zero-order valence-electron chi connectivity index (χ0n) is 11.9. The van der Waals surface area contributed by atoms with Crippen LogP contribution in [0.1, 0.15) is 32.3 Å². The highest BCUT2D eigenvalue weighted by atomic mass is 79.9. The molecule has 1 amide bonds. The van der Waals surface area contributed by atoms with Gasteiger partial charge >= 0.3 is 0 Å². The molecule has 0 bridgehead atoms. The van der Waals surface area contributed by atoms with E-state index in [0.29, 0.717) is 12.6 Å². The van der Waals surface area contributed by atoms with Crippen LogP contribution in [0.3, 0.4) is 0 Å². The summed E-state index contributed by atoms with van der Waals surface area (Å²) < 4.78 is 1.05. The molecule has 2 atom stereocenters. The molecule has 1 fully saturated rings. The fourth-order valence-electron chi connectivity index (χ4n) is 2.09. The minimum Gasteiger partial charge on any atom is -0.335 e. The molecule has 0 radical (unpaired) electrons. The van der Waals surface area contributed by atoms with Crippen molar-refractivity contribution in [3.05, 3.63) is 34.3 Å². The second-order valence-electron chi connectivity index (χ2n) is 5.48. The van der Waals surface area contributed by atoms with Crippen molar-refractivity contribution < 1.29 is 4.79 Å². The average Bonchev–Trinajstić information content (AvgIpc) is 3.18. The van der Waals surface area contributed by atoms with Crippen molar-refractivity contribution in [2.75, 3.05) is 0 Å². The lowest BCUT2D eigenvalue weighted by Crippen LogP contribution is -2.42. The lowest BCUT2D eigenvalue weighted by atomic mass is 10.0. The van der Waals surface area contributed by atoms with Crippen LogP contribution >= 0.6 is 28.3 Å². The lowest BCUT2D eigenvalue weighted by Gasteiger charge is -2.27. The zero-order valence-corrected chi connectivity index (χ0v) is 14.3. The van der Waals surface area contributed by atoms with Crippen LogP contribution in [0.15, 0.2) is 28.7 Å². The number of nitrogens with zero attached hydrogens (tertiary/aromatic N) is 1. The van der Waals surface area contributed by atoms with E-state index in [9.17, 15) is 4.79 Å². The molecule has 0 heterocycles. The molecular formula is C15H22BrClN2O. The Morgan fingerprint density at radius 3 is 2.60 bits per heavy atom. The van der Waals surface area contributed by atoms with E-state index in [1.54, 1.807) is 0 Å². The number of carbonyl (C=O) groups is 1. The van der Waals surface area contributed by atoms with Crippen molar-refractivity contribution in [3.63, 3.8) is 0 Å². The smallest absolute Gasteiger partial charge is 0.227 e. The first kappa shape index (κ1) is 17.5. The SMILES string of the molecule is CC(N)C(C)C(=O)N(Cc1cccc(Br)c1)C1CC1.Cl. The lowest BCUT2D eigenvalue weighted by molar-refractivity contribution is -0.136. The molecule has 0 saturated heterocycles. The Bertz CT molecular complexity index is 463. The summed E-state index contributed by atoms with van der Waals surface area (Å²) in [6, 6.07) is 8.44. The Balaban J connectivity index is 0.00000200. The summed E-state index contributed by atoms with van der Waals surface area (Å²) in [5.41, 5.74) is 7.02. The molecule has 0 aliphatic heterocycles. The standard InChI is InChI=1S/C15H21BrN2O.ClH/c1-10(11(2)17)15(19)18(14-6-7-14)9-12-4-3-5-13(16)8-12;/h3-5,8,10-11,14H,6-7,9,17H2,1-2H3;1H. The minimum atomic E-state index is -0.118. The summed E-state index contributed by atoms with van der Waals surface area (Å²) in [4.78, 5) is 14.5. The van der Waals surface area contributed by atoms with E-state index < -0.39 is 0 Å². The molecule has 1 aliphatic carbocycles. The van der Waals surface area contributed by atoms with E-state index in [1.165, 1.54) is 0 Å². The van der Waals surface area contributed by atoms with Crippen LogP contribution in [0.25, 0.3) is 0 Å². The monoisotopic (exact) mass is 360 g/mol.